The minimum Gasteiger partial charge on any atom is -0.438 e. The van der Waals surface area contributed by atoms with E-state index < -0.39 is 0 Å². The van der Waals surface area contributed by atoms with Crippen LogP contribution < -0.4 is 10.3 Å². The Morgan fingerprint density at radius 2 is 2.06 bits per heavy atom. The van der Waals surface area contributed by atoms with E-state index in [4.69, 9.17) is 33.3 Å². The SMILES string of the molecule is O=C1/C(=C/c2c(Oc3ccc(Cl)cc3)nc3ccccn3c2=O)SC(=S)N1CC1CCCO1. The zero-order valence-corrected chi connectivity index (χ0v) is 19.7. The number of thiocarbonyl (C=S) groups is 1. The molecule has 2 aliphatic heterocycles. The molecule has 7 nitrogen and oxygen atoms in total. The van der Waals surface area contributed by atoms with Crippen molar-refractivity contribution in [2.75, 3.05) is 13.2 Å². The van der Waals surface area contributed by atoms with Gasteiger partial charge in [-0.1, -0.05) is 41.6 Å². The van der Waals surface area contributed by atoms with Crippen molar-refractivity contribution in [1.29, 1.82) is 0 Å². The van der Waals surface area contributed by atoms with E-state index in [1.165, 1.54) is 15.4 Å². The molecule has 1 unspecified atom stereocenters. The standard InChI is InChI=1S/C23H18ClN3O4S2/c24-14-6-8-15(9-7-14)31-20-17(21(28)26-10-2-1-5-19(26)25-20)12-18-22(29)27(23(32)33-18)13-16-4-3-11-30-16/h1-2,5-10,12,16H,3-4,11,13H2/b18-12-. The highest BCUT2D eigenvalue weighted by molar-refractivity contribution is 8.26. The Labute approximate surface area is 204 Å². The Morgan fingerprint density at radius 3 is 2.82 bits per heavy atom. The van der Waals surface area contributed by atoms with Gasteiger partial charge in [0.05, 0.1) is 17.6 Å². The normalized spacial score (nSPS) is 19.7. The summed E-state index contributed by atoms with van der Waals surface area (Å²) in [4.78, 5) is 32.8. The van der Waals surface area contributed by atoms with Gasteiger partial charge in [0.1, 0.15) is 21.3 Å². The molecule has 168 valence electrons. The first-order chi connectivity index (χ1) is 16.0. The zero-order chi connectivity index (χ0) is 22.9. The minimum absolute atomic E-state index is 0.0244. The smallest absolute Gasteiger partial charge is 0.269 e. The van der Waals surface area contributed by atoms with Crippen molar-refractivity contribution in [2.24, 2.45) is 0 Å². The van der Waals surface area contributed by atoms with Gasteiger partial charge in [-0.2, -0.15) is 4.98 Å². The molecule has 0 aliphatic carbocycles. The minimum atomic E-state index is -0.353. The molecule has 2 aliphatic rings. The number of halogens is 1. The van der Waals surface area contributed by atoms with E-state index >= 15 is 0 Å². The van der Waals surface area contributed by atoms with E-state index in [9.17, 15) is 9.59 Å². The summed E-state index contributed by atoms with van der Waals surface area (Å²) in [6.07, 6.45) is 4.97. The van der Waals surface area contributed by atoms with E-state index in [1.54, 1.807) is 48.7 Å². The molecule has 1 amide bonds. The van der Waals surface area contributed by atoms with Crippen LogP contribution in [0.5, 0.6) is 11.6 Å². The van der Waals surface area contributed by atoms with Gasteiger partial charge in [-0.05, 0) is 55.3 Å². The monoisotopic (exact) mass is 499 g/mol. The second-order valence-corrected chi connectivity index (χ2v) is 9.66. The highest BCUT2D eigenvalue weighted by Crippen LogP contribution is 2.35. The molecule has 1 atom stereocenters. The van der Waals surface area contributed by atoms with Crippen molar-refractivity contribution in [3.8, 4) is 11.6 Å². The van der Waals surface area contributed by atoms with Crippen LogP contribution in [0.15, 0.2) is 58.4 Å². The topological polar surface area (TPSA) is 73.1 Å². The Morgan fingerprint density at radius 1 is 1.24 bits per heavy atom. The summed E-state index contributed by atoms with van der Waals surface area (Å²) in [5.74, 6) is 0.306. The third-order valence-electron chi connectivity index (χ3n) is 5.32. The van der Waals surface area contributed by atoms with Crippen LogP contribution >= 0.6 is 35.6 Å². The average molecular weight is 500 g/mol. The van der Waals surface area contributed by atoms with Gasteiger partial charge in [-0.15, -0.1) is 0 Å². The van der Waals surface area contributed by atoms with Crippen molar-refractivity contribution in [3.63, 3.8) is 0 Å². The molecular weight excluding hydrogens is 482 g/mol. The average Bonchev–Trinajstić information content (AvgIpc) is 3.42. The number of aromatic nitrogens is 2. The molecule has 0 N–H and O–H groups in total. The van der Waals surface area contributed by atoms with Gasteiger partial charge in [0, 0.05) is 17.8 Å². The number of hydrogen-bond donors (Lipinski definition) is 0. The Kier molecular flexibility index (Phi) is 6.20. The number of ether oxygens (including phenoxy) is 2. The number of benzene rings is 1. The second kappa shape index (κ2) is 9.26. The Hall–Kier alpha value is -2.72. The molecular formula is C23H18ClN3O4S2. The van der Waals surface area contributed by atoms with Crippen molar-refractivity contribution in [2.45, 2.75) is 18.9 Å². The fourth-order valence-corrected chi connectivity index (χ4v) is 5.06. The van der Waals surface area contributed by atoms with Gasteiger partial charge in [-0.25, -0.2) is 0 Å². The lowest BCUT2D eigenvalue weighted by molar-refractivity contribution is -0.123. The van der Waals surface area contributed by atoms with Crippen LogP contribution in [0, 0.1) is 0 Å². The first-order valence-electron chi connectivity index (χ1n) is 10.3. The van der Waals surface area contributed by atoms with Crippen molar-refractivity contribution >= 4 is 57.5 Å². The summed E-state index contributed by atoms with van der Waals surface area (Å²) >= 11 is 12.6. The molecule has 2 fully saturated rings. The molecule has 5 rings (SSSR count). The number of rotatable bonds is 5. The quantitative estimate of drug-likeness (QED) is 0.377. The maximum atomic E-state index is 13.3. The number of nitrogens with zero attached hydrogens (tertiary/aromatic N) is 3. The maximum Gasteiger partial charge on any atom is 0.269 e. The molecule has 4 heterocycles. The second-order valence-electron chi connectivity index (χ2n) is 7.55. The lowest BCUT2D eigenvalue weighted by Gasteiger charge is -2.18. The number of hydrogen-bond acceptors (Lipinski definition) is 7. The van der Waals surface area contributed by atoms with Crippen LogP contribution in [0.25, 0.3) is 11.7 Å². The van der Waals surface area contributed by atoms with Crippen molar-refractivity contribution in [3.05, 3.63) is 74.5 Å². The maximum absolute atomic E-state index is 13.3. The van der Waals surface area contributed by atoms with Gasteiger partial charge in [-0.3, -0.25) is 18.9 Å². The van der Waals surface area contributed by atoms with E-state index in [0.717, 1.165) is 24.6 Å². The first kappa shape index (κ1) is 22.1. The molecule has 2 aromatic heterocycles. The van der Waals surface area contributed by atoms with Crippen LogP contribution in [0.4, 0.5) is 0 Å². The summed E-state index contributed by atoms with van der Waals surface area (Å²) in [6, 6.07) is 12.0. The van der Waals surface area contributed by atoms with Gasteiger partial charge < -0.3 is 9.47 Å². The van der Waals surface area contributed by atoms with Crippen LogP contribution in [0.2, 0.25) is 5.02 Å². The van der Waals surface area contributed by atoms with Gasteiger partial charge >= 0.3 is 0 Å². The fraction of sp³-hybridized carbons (Fsp3) is 0.217. The first-order valence-corrected chi connectivity index (χ1v) is 11.9. The summed E-state index contributed by atoms with van der Waals surface area (Å²) in [7, 11) is 0. The van der Waals surface area contributed by atoms with Gasteiger partial charge in [0.2, 0.25) is 5.88 Å². The molecule has 10 heteroatoms. The number of fused-ring (bicyclic) bond motifs is 1. The largest absolute Gasteiger partial charge is 0.438 e. The molecule has 0 bridgehead atoms. The molecule has 2 saturated heterocycles. The number of carbonyl (C=O) groups excluding carboxylic acids is 1. The van der Waals surface area contributed by atoms with Gasteiger partial charge in [0.15, 0.2) is 0 Å². The summed E-state index contributed by atoms with van der Waals surface area (Å²) in [5.41, 5.74) is 0.231. The van der Waals surface area contributed by atoms with Crippen LogP contribution in [0.1, 0.15) is 18.4 Å². The van der Waals surface area contributed by atoms with E-state index in [0.29, 0.717) is 38.8 Å². The summed E-state index contributed by atoms with van der Waals surface area (Å²) in [5, 5.41) is 0.559. The van der Waals surface area contributed by atoms with E-state index in [-0.39, 0.29) is 29.0 Å². The third-order valence-corrected chi connectivity index (χ3v) is 6.95. The number of pyridine rings is 1. The zero-order valence-electron chi connectivity index (χ0n) is 17.3. The molecule has 3 aromatic rings. The molecule has 33 heavy (non-hydrogen) atoms. The summed E-state index contributed by atoms with van der Waals surface area (Å²) < 4.78 is 13.4. The van der Waals surface area contributed by atoms with Crippen molar-refractivity contribution < 1.29 is 14.3 Å². The van der Waals surface area contributed by atoms with Crippen molar-refractivity contribution in [1.82, 2.24) is 14.3 Å². The number of amides is 1. The molecule has 1 aromatic carbocycles. The predicted octanol–water partition coefficient (Wildman–Crippen LogP) is 4.52. The summed E-state index contributed by atoms with van der Waals surface area (Å²) in [6.45, 7) is 1.10. The van der Waals surface area contributed by atoms with Crippen LogP contribution in [0.3, 0.4) is 0 Å². The fourth-order valence-electron chi connectivity index (χ4n) is 3.68. The Bertz CT molecular complexity index is 1330. The number of carbonyl (C=O) groups is 1. The van der Waals surface area contributed by atoms with E-state index in [2.05, 4.69) is 4.98 Å². The highest BCUT2D eigenvalue weighted by Gasteiger charge is 2.35. The van der Waals surface area contributed by atoms with E-state index in [1.807, 2.05) is 0 Å². The lowest BCUT2D eigenvalue weighted by Crippen LogP contribution is -2.35. The Balaban J connectivity index is 1.54. The van der Waals surface area contributed by atoms with Crippen LogP contribution in [-0.2, 0) is 9.53 Å². The molecule has 0 saturated carbocycles. The molecule has 0 spiro atoms. The highest BCUT2D eigenvalue weighted by atomic mass is 35.5. The van der Waals surface area contributed by atoms with Gasteiger partial charge in [0.25, 0.3) is 11.5 Å². The van der Waals surface area contributed by atoms with Crippen LogP contribution in [-0.4, -0.2) is 43.8 Å². The lowest BCUT2D eigenvalue weighted by atomic mass is 10.2. The molecule has 0 radical (unpaired) electrons. The predicted molar refractivity (Wildman–Crippen MR) is 132 cm³/mol. The third kappa shape index (κ3) is 4.54. The number of thioether (sulfide) groups is 1.